The Bertz CT molecular complexity index is 1610. The molecular formula is C38H44N4O3. The maximum Gasteiger partial charge on any atom is 0.255 e. The second kappa shape index (κ2) is 14.5. The summed E-state index contributed by atoms with van der Waals surface area (Å²) < 4.78 is 5.58. The Morgan fingerprint density at radius 1 is 0.800 bits per heavy atom. The van der Waals surface area contributed by atoms with Crippen molar-refractivity contribution in [2.24, 2.45) is 11.1 Å². The number of ether oxygens (including phenoxy) is 1. The molecule has 0 radical (unpaired) electrons. The van der Waals surface area contributed by atoms with Gasteiger partial charge in [0.15, 0.2) is 0 Å². The van der Waals surface area contributed by atoms with E-state index < -0.39 is 0 Å². The average molecular weight is 605 g/mol. The third-order valence-corrected chi connectivity index (χ3v) is 7.90. The Hall–Kier alpha value is -4.46. The first-order valence-electron chi connectivity index (χ1n) is 15.7. The fourth-order valence-corrected chi connectivity index (χ4v) is 5.62. The van der Waals surface area contributed by atoms with Crippen LogP contribution in [0.25, 0.3) is 11.1 Å². The van der Waals surface area contributed by atoms with Gasteiger partial charge in [0.2, 0.25) is 5.91 Å². The highest BCUT2D eigenvalue weighted by Crippen LogP contribution is 2.33. The number of carbonyl (C=O) groups is 2. The fourth-order valence-electron chi connectivity index (χ4n) is 5.62. The van der Waals surface area contributed by atoms with Crippen molar-refractivity contribution in [1.29, 1.82) is 0 Å². The van der Waals surface area contributed by atoms with Crippen LogP contribution in [0.2, 0.25) is 0 Å². The lowest BCUT2D eigenvalue weighted by atomic mass is 9.91. The average Bonchev–Trinajstić information content (AvgIpc) is 3.04. The summed E-state index contributed by atoms with van der Waals surface area (Å²) in [6.45, 7) is 10.5. The molecule has 0 spiro atoms. The number of anilines is 2. The molecule has 0 atom stereocenters. The van der Waals surface area contributed by atoms with Gasteiger partial charge in [-0.2, -0.15) is 0 Å². The minimum atomic E-state index is -0.150. The van der Waals surface area contributed by atoms with E-state index >= 15 is 0 Å². The summed E-state index contributed by atoms with van der Waals surface area (Å²) in [6, 6.07) is 31.9. The molecule has 7 nitrogen and oxygen atoms in total. The van der Waals surface area contributed by atoms with E-state index in [0.29, 0.717) is 44.8 Å². The van der Waals surface area contributed by atoms with E-state index in [1.54, 1.807) is 0 Å². The smallest absolute Gasteiger partial charge is 0.255 e. The number of nitrogens with two attached hydrogens (primary N) is 1. The van der Waals surface area contributed by atoms with Gasteiger partial charge in [0.25, 0.3) is 5.91 Å². The number of hydrogen-bond donors (Lipinski definition) is 2. The van der Waals surface area contributed by atoms with Gasteiger partial charge in [-0.3, -0.25) is 9.59 Å². The Morgan fingerprint density at radius 2 is 1.44 bits per heavy atom. The molecule has 1 aliphatic rings. The Morgan fingerprint density at radius 3 is 2.13 bits per heavy atom. The lowest BCUT2D eigenvalue weighted by molar-refractivity contribution is -0.134. The summed E-state index contributed by atoms with van der Waals surface area (Å²) in [7, 11) is 0. The van der Waals surface area contributed by atoms with Crippen molar-refractivity contribution in [2.45, 2.75) is 46.8 Å². The monoisotopic (exact) mass is 604 g/mol. The van der Waals surface area contributed by atoms with Crippen LogP contribution in [0.4, 0.5) is 11.4 Å². The van der Waals surface area contributed by atoms with Gasteiger partial charge in [0, 0.05) is 44.7 Å². The first-order chi connectivity index (χ1) is 21.7. The fraction of sp³-hybridized carbons (Fsp3) is 0.316. The van der Waals surface area contributed by atoms with Crippen LogP contribution in [0.3, 0.4) is 0 Å². The number of amides is 2. The first-order valence-corrected chi connectivity index (χ1v) is 15.7. The molecule has 0 aromatic heterocycles. The molecule has 1 aliphatic heterocycles. The molecule has 4 aromatic rings. The van der Waals surface area contributed by atoms with Crippen molar-refractivity contribution in [1.82, 2.24) is 4.90 Å². The molecule has 234 valence electrons. The molecular weight excluding hydrogens is 560 g/mol. The number of hydrogen-bond acceptors (Lipinski definition) is 5. The highest BCUT2D eigenvalue weighted by atomic mass is 16.5. The van der Waals surface area contributed by atoms with Crippen molar-refractivity contribution in [3.8, 4) is 11.1 Å². The molecule has 0 aliphatic carbocycles. The van der Waals surface area contributed by atoms with Crippen molar-refractivity contribution in [3.05, 3.63) is 119 Å². The molecule has 45 heavy (non-hydrogen) atoms. The molecule has 2 amide bonds. The molecule has 4 aromatic carbocycles. The number of nitrogens with one attached hydrogen (secondary N) is 1. The molecule has 1 saturated heterocycles. The third-order valence-electron chi connectivity index (χ3n) is 7.90. The zero-order chi connectivity index (χ0) is 31.8. The number of carbonyl (C=O) groups excluding carboxylic acids is 2. The number of benzene rings is 4. The van der Waals surface area contributed by atoms with Crippen LogP contribution in [-0.2, 0) is 29.2 Å². The number of morpholine rings is 1. The number of rotatable bonds is 10. The SMILES string of the molecule is CC(C)(C)CC(=O)N(Cc1cccc(CN)c1)Cc1cccc(-c2ccc(N3CCOCC3)c(NC(=O)c3ccccc3)c2)c1. The molecule has 1 heterocycles. The molecule has 0 unspecified atom stereocenters. The lowest BCUT2D eigenvalue weighted by Crippen LogP contribution is -2.36. The largest absolute Gasteiger partial charge is 0.378 e. The highest BCUT2D eigenvalue weighted by Gasteiger charge is 2.22. The number of nitrogens with zero attached hydrogens (tertiary/aromatic N) is 2. The molecule has 3 N–H and O–H groups in total. The zero-order valence-corrected chi connectivity index (χ0v) is 26.6. The first kappa shape index (κ1) is 31.9. The van der Waals surface area contributed by atoms with E-state index in [1.165, 1.54) is 0 Å². The van der Waals surface area contributed by atoms with Gasteiger partial charge in [-0.15, -0.1) is 0 Å². The second-order valence-corrected chi connectivity index (χ2v) is 12.9. The third kappa shape index (κ3) is 8.81. The summed E-state index contributed by atoms with van der Waals surface area (Å²) >= 11 is 0. The molecule has 0 saturated carbocycles. The molecule has 5 rings (SSSR count). The van der Waals surface area contributed by atoms with Crippen LogP contribution in [0.5, 0.6) is 0 Å². The predicted molar refractivity (Wildman–Crippen MR) is 182 cm³/mol. The van der Waals surface area contributed by atoms with Gasteiger partial charge in [-0.1, -0.05) is 87.5 Å². The maximum atomic E-state index is 13.6. The highest BCUT2D eigenvalue weighted by molar-refractivity contribution is 6.06. The van der Waals surface area contributed by atoms with Crippen LogP contribution >= 0.6 is 0 Å². The predicted octanol–water partition coefficient (Wildman–Crippen LogP) is 6.87. The van der Waals surface area contributed by atoms with Gasteiger partial charge in [-0.25, -0.2) is 0 Å². The summed E-state index contributed by atoms with van der Waals surface area (Å²) in [5.74, 6) is -0.0328. The van der Waals surface area contributed by atoms with E-state index in [1.807, 2.05) is 65.6 Å². The van der Waals surface area contributed by atoms with Crippen LogP contribution in [0.1, 0.15) is 54.2 Å². The molecule has 7 heteroatoms. The van der Waals surface area contributed by atoms with E-state index in [-0.39, 0.29) is 17.2 Å². The van der Waals surface area contributed by atoms with Gasteiger partial charge in [-0.05, 0) is 63.6 Å². The van der Waals surface area contributed by atoms with Crippen LogP contribution in [0.15, 0.2) is 97.1 Å². The quantitative estimate of drug-likeness (QED) is 0.206. The van der Waals surface area contributed by atoms with Crippen molar-refractivity contribution in [2.75, 3.05) is 36.5 Å². The second-order valence-electron chi connectivity index (χ2n) is 12.9. The van der Waals surface area contributed by atoms with E-state index in [2.05, 4.69) is 67.4 Å². The van der Waals surface area contributed by atoms with E-state index in [9.17, 15) is 9.59 Å². The summed E-state index contributed by atoms with van der Waals surface area (Å²) in [5.41, 5.74) is 13.3. The Kier molecular flexibility index (Phi) is 10.3. The lowest BCUT2D eigenvalue weighted by Gasteiger charge is -2.31. The van der Waals surface area contributed by atoms with Crippen molar-refractivity contribution >= 4 is 23.2 Å². The van der Waals surface area contributed by atoms with Crippen molar-refractivity contribution < 1.29 is 14.3 Å². The summed E-state index contributed by atoms with van der Waals surface area (Å²) in [4.78, 5) is 31.0. The van der Waals surface area contributed by atoms with Crippen LogP contribution in [-0.4, -0.2) is 43.0 Å². The van der Waals surface area contributed by atoms with Crippen LogP contribution in [0, 0.1) is 5.41 Å². The normalized spacial score (nSPS) is 13.4. The van der Waals surface area contributed by atoms with E-state index in [4.69, 9.17) is 10.5 Å². The molecule has 1 fully saturated rings. The van der Waals surface area contributed by atoms with Gasteiger partial charge in [0.05, 0.1) is 24.6 Å². The Balaban J connectivity index is 1.43. The minimum absolute atomic E-state index is 0.117. The van der Waals surface area contributed by atoms with Gasteiger partial charge in [0.1, 0.15) is 0 Å². The van der Waals surface area contributed by atoms with Crippen LogP contribution < -0.4 is 16.0 Å². The van der Waals surface area contributed by atoms with Gasteiger partial charge >= 0.3 is 0 Å². The minimum Gasteiger partial charge on any atom is -0.378 e. The zero-order valence-electron chi connectivity index (χ0n) is 26.6. The summed E-state index contributed by atoms with van der Waals surface area (Å²) in [5, 5.41) is 3.17. The van der Waals surface area contributed by atoms with Crippen molar-refractivity contribution in [3.63, 3.8) is 0 Å². The summed E-state index contributed by atoms with van der Waals surface area (Å²) in [6.07, 6.45) is 0.455. The standard InChI is InChI=1S/C38H44N4O3/c1-38(2,3)24-36(43)42(26-29-10-7-9-28(21-29)25-39)27-30-11-8-14-32(22-30)33-15-16-35(41-17-19-45-20-18-41)34(23-33)40-37(44)31-12-5-4-6-13-31/h4-16,21-23H,17-20,24-27,39H2,1-3H3,(H,40,44). The molecule has 0 bridgehead atoms. The maximum absolute atomic E-state index is 13.6. The topological polar surface area (TPSA) is 87.9 Å². The Labute approximate surface area is 267 Å². The van der Waals surface area contributed by atoms with Gasteiger partial charge < -0.3 is 25.6 Å². The van der Waals surface area contributed by atoms with E-state index in [0.717, 1.165) is 52.3 Å².